The van der Waals surface area contributed by atoms with Gasteiger partial charge >= 0.3 is 5.97 Å². The van der Waals surface area contributed by atoms with Crippen LogP contribution in [0.25, 0.3) is 0 Å². The Hall–Kier alpha value is -1.27. The lowest BCUT2D eigenvalue weighted by Gasteiger charge is -2.03. The first-order chi connectivity index (χ1) is 5.57. The number of carbonyl (C=O) groups is 1. The molecule has 0 aliphatic carbocycles. The van der Waals surface area contributed by atoms with Crippen LogP contribution in [0.2, 0.25) is 0 Å². The van der Waals surface area contributed by atoms with Gasteiger partial charge in [-0.05, 0) is 13.8 Å². The SMILES string of the molecule is C#CC(C)NC/C=C(/C)C(=O)O. The van der Waals surface area contributed by atoms with Crippen LogP contribution in [0.1, 0.15) is 13.8 Å². The fourth-order valence-corrected chi connectivity index (χ4v) is 0.535. The first-order valence-corrected chi connectivity index (χ1v) is 3.67. The molecule has 2 N–H and O–H groups in total. The maximum absolute atomic E-state index is 10.3. The molecule has 0 radical (unpaired) electrons. The molecule has 0 aromatic rings. The molecular formula is C9H13NO2. The van der Waals surface area contributed by atoms with Crippen LogP contribution in [0, 0.1) is 12.3 Å². The number of terminal acetylenes is 1. The Kier molecular flexibility index (Phi) is 4.82. The van der Waals surface area contributed by atoms with E-state index in [2.05, 4.69) is 11.2 Å². The predicted octanol–water partition coefficient (Wildman–Crippen LogP) is 0.629. The molecule has 0 heterocycles. The molecule has 0 saturated heterocycles. The molecule has 0 bridgehead atoms. The number of carboxylic acid groups (broad SMARTS) is 1. The van der Waals surface area contributed by atoms with Crippen LogP contribution < -0.4 is 5.32 Å². The maximum atomic E-state index is 10.3. The van der Waals surface area contributed by atoms with E-state index in [0.717, 1.165) is 0 Å². The van der Waals surface area contributed by atoms with Gasteiger partial charge in [-0.15, -0.1) is 6.42 Å². The molecule has 0 rings (SSSR count). The molecule has 3 nitrogen and oxygen atoms in total. The smallest absolute Gasteiger partial charge is 0.330 e. The van der Waals surface area contributed by atoms with E-state index in [4.69, 9.17) is 11.5 Å². The molecule has 12 heavy (non-hydrogen) atoms. The molecule has 0 aliphatic rings. The second-order valence-electron chi connectivity index (χ2n) is 2.49. The highest BCUT2D eigenvalue weighted by molar-refractivity contribution is 5.85. The molecule has 0 aromatic carbocycles. The Morgan fingerprint density at radius 3 is 2.83 bits per heavy atom. The van der Waals surface area contributed by atoms with Crippen LogP contribution in [-0.2, 0) is 4.79 Å². The van der Waals surface area contributed by atoms with E-state index in [1.165, 1.54) is 0 Å². The van der Waals surface area contributed by atoms with Gasteiger partial charge in [0.25, 0.3) is 0 Å². The van der Waals surface area contributed by atoms with Crippen molar-refractivity contribution < 1.29 is 9.90 Å². The van der Waals surface area contributed by atoms with Crippen LogP contribution in [0.3, 0.4) is 0 Å². The molecule has 0 amide bonds. The van der Waals surface area contributed by atoms with Gasteiger partial charge in [0.1, 0.15) is 0 Å². The summed E-state index contributed by atoms with van der Waals surface area (Å²) in [5, 5.41) is 11.4. The third-order valence-electron chi connectivity index (χ3n) is 1.42. The van der Waals surface area contributed by atoms with Crippen molar-refractivity contribution in [1.82, 2.24) is 5.32 Å². The summed E-state index contributed by atoms with van der Waals surface area (Å²) in [6.45, 7) is 3.87. The molecule has 0 aromatic heterocycles. The normalized spacial score (nSPS) is 13.6. The Bertz CT molecular complexity index is 225. The lowest BCUT2D eigenvalue weighted by molar-refractivity contribution is -0.132. The largest absolute Gasteiger partial charge is 0.478 e. The molecular weight excluding hydrogens is 154 g/mol. The zero-order valence-electron chi connectivity index (χ0n) is 7.29. The summed E-state index contributed by atoms with van der Waals surface area (Å²) in [5.74, 6) is 1.58. The van der Waals surface area contributed by atoms with Crippen LogP contribution in [-0.4, -0.2) is 23.7 Å². The highest BCUT2D eigenvalue weighted by atomic mass is 16.4. The Balaban J connectivity index is 3.76. The minimum absolute atomic E-state index is 0.0251. The summed E-state index contributed by atoms with van der Waals surface area (Å²) < 4.78 is 0. The Morgan fingerprint density at radius 2 is 2.42 bits per heavy atom. The quantitative estimate of drug-likeness (QED) is 0.477. The van der Waals surface area contributed by atoms with Crippen molar-refractivity contribution in [2.24, 2.45) is 0 Å². The molecule has 66 valence electrons. The number of nitrogens with one attached hydrogen (secondary N) is 1. The fourth-order valence-electron chi connectivity index (χ4n) is 0.535. The summed E-state index contributed by atoms with van der Waals surface area (Å²) in [5.41, 5.74) is 0.326. The van der Waals surface area contributed by atoms with Gasteiger partial charge in [0.05, 0.1) is 6.04 Å². The van der Waals surface area contributed by atoms with E-state index in [1.807, 2.05) is 6.92 Å². The van der Waals surface area contributed by atoms with Gasteiger partial charge < -0.3 is 10.4 Å². The molecule has 0 aliphatic heterocycles. The van der Waals surface area contributed by atoms with Crippen molar-refractivity contribution in [2.45, 2.75) is 19.9 Å². The summed E-state index contributed by atoms with van der Waals surface area (Å²) in [6.07, 6.45) is 6.69. The standard InChI is InChI=1S/C9H13NO2/c1-4-8(3)10-6-5-7(2)9(11)12/h1,5,8,10H,6H2,2-3H3,(H,11,12)/b7-5-. The van der Waals surface area contributed by atoms with Gasteiger partial charge in [-0.2, -0.15) is 0 Å². The van der Waals surface area contributed by atoms with Crippen molar-refractivity contribution in [3.63, 3.8) is 0 Å². The third kappa shape index (κ3) is 4.53. The summed E-state index contributed by atoms with van der Waals surface area (Å²) >= 11 is 0. The minimum Gasteiger partial charge on any atom is -0.478 e. The lowest BCUT2D eigenvalue weighted by atomic mass is 10.3. The highest BCUT2D eigenvalue weighted by Crippen LogP contribution is 1.90. The average Bonchev–Trinajstić information content (AvgIpc) is 2.03. The van der Waals surface area contributed by atoms with E-state index in [9.17, 15) is 4.79 Å². The first-order valence-electron chi connectivity index (χ1n) is 3.67. The fraction of sp³-hybridized carbons (Fsp3) is 0.444. The van der Waals surface area contributed by atoms with Crippen molar-refractivity contribution in [3.8, 4) is 12.3 Å². The van der Waals surface area contributed by atoms with Gasteiger partial charge in [0.15, 0.2) is 0 Å². The maximum Gasteiger partial charge on any atom is 0.330 e. The number of hydrogen-bond donors (Lipinski definition) is 2. The van der Waals surface area contributed by atoms with E-state index >= 15 is 0 Å². The molecule has 1 atom stereocenters. The van der Waals surface area contributed by atoms with Crippen molar-refractivity contribution in [1.29, 1.82) is 0 Å². The predicted molar refractivity (Wildman–Crippen MR) is 47.7 cm³/mol. The number of aliphatic carboxylic acids is 1. The third-order valence-corrected chi connectivity index (χ3v) is 1.42. The second-order valence-corrected chi connectivity index (χ2v) is 2.49. The Labute approximate surface area is 72.5 Å². The van der Waals surface area contributed by atoms with Gasteiger partial charge in [-0.25, -0.2) is 4.79 Å². The molecule has 3 heteroatoms. The van der Waals surface area contributed by atoms with Gasteiger partial charge in [0.2, 0.25) is 0 Å². The monoisotopic (exact) mass is 167 g/mol. The summed E-state index contributed by atoms with van der Waals surface area (Å²) in [4.78, 5) is 10.3. The van der Waals surface area contributed by atoms with Crippen LogP contribution in [0.15, 0.2) is 11.6 Å². The number of rotatable bonds is 4. The Morgan fingerprint density at radius 1 is 1.83 bits per heavy atom. The van der Waals surface area contributed by atoms with Crippen LogP contribution in [0.5, 0.6) is 0 Å². The molecule has 0 spiro atoms. The van der Waals surface area contributed by atoms with E-state index in [0.29, 0.717) is 12.1 Å². The summed E-state index contributed by atoms with van der Waals surface area (Å²) in [6, 6.07) is -0.0251. The number of carboxylic acids is 1. The zero-order valence-corrected chi connectivity index (χ0v) is 7.29. The van der Waals surface area contributed by atoms with E-state index < -0.39 is 5.97 Å². The lowest BCUT2D eigenvalue weighted by Crippen LogP contribution is -2.24. The minimum atomic E-state index is -0.898. The van der Waals surface area contributed by atoms with Crippen LogP contribution >= 0.6 is 0 Å². The van der Waals surface area contributed by atoms with Crippen molar-refractivity contribution >= 4 is 5.97 Å². The number of hydrogen-bond acceptors (Lipinski definition) is 2. The molecule has 1 unspecified atom stereocenters. The first kappa shape index (κ1) is 10.7. The summed E-state index contributed by atoms with van der Waals surface area (Å²) in [7, 11) is 0. The van der Waals surface area contributed by atoms with E-state index in [-0.39, 0.29) is 6.04 Å². The average molecular weight is 167 g/mol. The van der Waals surface area contributed by atoms with E-state index in [1.54, 1.807) is 13.0 Å². The molecule has 0 fully saturated rings. The second kappa shape index (κ2) is 5.39. The van der Waals surface area contributed by atoms with Crippen molar-refractivity contribution in [2.75, 3.05) is 6.54 Å². The highest BCUT2D eigenvalue weighted by Gasteiger charge is 1.98. The topological polar surface area (TPSA) is 49.3 Å². The van der Waals surface area contributed by atoms with Crippen LogP contribution in [0.4, 0.5) is 0 Å². The van der Waals surface area contributed by atoms with Crippen molar-refractivity contribution in [3.05, 3.63) is 11.6 Å². The van der Waals surface area contributed by atoms with Gasteiger partial charge in [0, 0.05) is 12.1 Å². The van der Waals surface area contributed by atoms with Gasteiger partial charge in [-0.1, -0.05) is 12.0 Å². The molecule has 0 saturated carbocycles. The zero-order chi connectivity index (χ0) is 9.56. The van der Waals surface area contributed by atoms with Gasteiger partial charge in [-0.3, -0.25) is 0 Å².